The van der Waals surface area contributed by atoms with Crippen LogP contribution in [0, 0.1) is 17.2 Å². The number of aliphatic hydroxyl groups is 1. The number of rotatable bonds is 5. The van der Waals surface area contributed by atoms with Gasteiger partial charge in [0.1, 0.15) is 16.2 Å². The summed E-state index contributed by atoms with van der Waals surface area (Å²) in [5.41, 5.74) is 3.91. The fourth-order valence-electron chi connectivity index (χ4n) is 4.25. The van der Waals surface area contributed by atoms with E-state index in [2.05, 4.69) is 53.1 Å². The molecule has 2 aromatic heterocycles. The molecule has 1 aliphatic rings. The molecule has 3 aromatic rings. The number of aromatic nitrogens is 2. The Morgan fingerprint density at radius 3 is 2.81 bits per heavy atom. The van der Waals surface area contributed by atoms with Crippen molar-refractivity contribution >= 4 is 43.5 Å². The van der Waals surface area contributed by atoms with Crippen LogP contribution in [-0.4, -0.2) is 27.6 Å². The molecule has 2 N–H and O–H groups in total. The third-order valence-electron chi connectivity index (χ3n) is 6.24. The number of fused-ring (bicyclic) bond motifs is 2. The molecular weight excluding hydrogens is 493 g/mol. The molecule has 0 fully saturated rings. The highest BCUT2D eigenvalue weighted by Gasteiger charge is 2.30. The molecule has 0 saturated heterocycles. The summed E-state index contributed by atoms with van der Waals surface area (Å²) in [6, 6.07) is 6.25. The van der Waals surface area contributed by atoms with E-state index in [-0.39, 0.29) is 24.3 Å². The summed E-state index contributed by atoms with van der Waals surface area (Å²) in [6.07, 6.45) is 3.32. The SMILES string of the molecule is CC(C)(C)[C@H]1CCc2nc3sc(C(=O)NC(CCO)c4ccc(Br)c(F)c4)nc3cc2C1. The second-order valence-corrected chi connectivity index (χ2v) is 11.3. The number of aliphatic hydroxyl groups excluding tert-OH is 1. The summed E-state index contributed by atoms with van der Waals surface area (Å²) >= 11 is 4.41. The third kappa shape index (κ3) is 4.87. The zero-order chi connectivity index (χ0) is 23.0. The van der Waals surface area contributed by atoms with E-state index < -0.39 is 11.9 Å². The van der Waals surface area contributed by atoms with Gasteiger partial charge in [-0.25, -0.2) is 14.4 Å². The van der Waals surface area contributed by atoms with Gasteiger partial charge in [0.05, 0.1) is 10.5 Å². The maximum atomic E-state index is 14.0. The van der Waals surface area contributed by atoms with E-state index in [1.54, 1.807) is 12.1 Å². The standard InChI is InChI=1S/C24H27BrFN3O2S/c1-24(2,3)15-5-7-18-14(10-15)12-20-22(28-18)32-23(29-20)21(31)27-19(8-9-30)13-4-6-16(25)17(26)11-13/h4,6,11-12,15,19,30H,5,7-10H2,1-3H3,(H,27,31)/t15-,19?/m0/s1. The fourth-order valence-corrected chi connectivity index (χ4v) is 5.34. The number of aryl methyl sites for hydroxylation is 1. The number of hydrogen-bond acceptors (Lipinski definition) is 5. The van der Waals surface area contributed by atoms with Crippen LogP contribution in [0.3, 0.4) is 0 Å². The van der Waals surface area contributed by atoms with Crippen molar-refractivity contribution in [3.05, 3.63) is 56.4 Å². The number of hydrogen-bond donors (Lipinski definition) is 2. The maximum Gasteiger partial charge on any atom is 0.280 e. The lowest BCUT2D eigenvalue weighted by Gasteiger charge is -2.34. The Bertz CT molecular complexity index is 1160. The number of carbonyl (C=O) groups excluding carboxylic acids is 1. The Morgan fingerprint density at radius 2 is 2.12 bits per heavy atom. The van der Waals surface area contributed by atoms with E-state index in [1.807, 2.05) is 0 Å². The van der Waals surface area contributed by atoms with Gasteiger partial charge in [0, 0.05) is 12.3 Å². The summed E-state index contributed by atoms with van der Waals surface area (Å²) in [5.74, 6) is -0.162. The Balaban J connectivity index is 1.57. The molecule has 5 nitrogen and oxygen atoms in total. The van der Waals surface area contributed by atoms with Crippen molar-refractivity contribution < 1.29 is 14.3 Å². The van der Waals surface area contributed by atoms with E-state index in [0.717, 1.165) is 35.3 Å². The van der Waals surface area contributed by atoms with Crippen molar-refractivity contribution in [1.82, 2.24) is 15.3 Å². The molecule has 1 aliphatic carbocycles. The molecule has 0 aliphatic heterocycles. The minimum atomic E-state index is -0.518. The van der Waals surface area contributed by atoms with Gasteiger partial charge in [-0.2, -0.15) is 0 Å². The lowest BCUT2D eigenvalue weighted by Crippen LogP contribution is -2.29. The van der Waals surface area contributed by atoms with Gasteiger partial charge in [0.15, 0.2) is 5.01 Å². The first-order chi connectivity index (χ1) is 15.2. The number of halogens is 2. The highest BCUT2D eigenvalue weighted by Crippen LogP contribution is 2.38. The van der Waals surface area contributed by atoms with Crippen molar-refractivity contribution in [3.63, 3.8) is 0 Å². The van der Waals surface area contributed by atoms with Gasteiger partial charge in [0.25, 0.3) is 5.91 Å². The van der Waals surface area contributed by atoms with E-state index in [4.69, 9.17) is 4.98 Å². The van der Waals surface area contributed by atoms with Gasteiger partial charge >= 0.3 is 0 Å². The van der Waals surface area contributed by atoms with Gasteiger partial charge < -0.3 is 10.4 Å². The molecule has 2 heterocycles. The van der Waals surface area contributed by atoms with Crippen LogP contribution < -0.4 is 5.32 Å². The molecule has 0 radical (unpaired) electrons. The Labute approximate surface area is 199 Å². The van der Waals surface area contributed by atoms with Crippen LogP contribution in [0.2, 0.25) is 0 Å². The number of nitrogens with zero attached hydrogens (tertiary/aromatic N) is 2. The molecule has 1 unspecified atom stereocenters. The number of nitrogens with one attached hydrogen (secondary N) is 1. The van der Waals surface area contributed by atoms with Crippen LogP contribution in [0.5, 0.6) is 0 Å². The van der Waals surface area contributed by atoms with E-state index in [9.17, 15) is 14.3 Å². The van der Waals surface area contributed by atoms with E-state index in [1.165, 1.54) is 23.0 Å². The summed E-state index contributed by atoms with van der Waals surface area (Å²) in [4.78, 5) is 23.1. The number of pyridine rings is 1. The first-order valence-corrected chi connectivity index (χ1v) is 12.4. The summed E-state index contributed by atoms with van der Waals surface area (Å²) < 4.78 is 14.3. The van der Waals surface area contributed by atoms with Crippen molar-refractivity contribution in [2.75, 3.05) is 6.61 Å². The summed E-state index contributed by atoms with van der Waals surface area (Å²) in [6.45, 7) is 6.70. The molecule has 32 heavy (non-hydrogen) atoms. The number of amides is 1. The largest absolute Gasteiger partial charge is 0.396 e. The van der Waals surface area contributed by atoms with Crippen molar-refractivity contribution in [2.24, 2.45) is 11.3 Å². The van der Waals surface area contributed by atoms with Crippen LogP contribution in [0.1, 0.15) is 66.3 Å². The predicted molar refractivity (Wildman–Crippen MR) is 128 cm³/mol. The normalized spacial score (nSPS) is 17.2. The van der Waals surface area contributed by atoms with Crippen molar-refractivity contribution in [1.29, 1.82) is 0 Å². The van der Waals surface area contributed by atoms with Gasteiger partial charge in [-0.15, -0.1) is 0 Å². The second-order valence-electron chi connectivity index (χ2n) is 9.46. The highest BCUT2D eigenvalue weighted by molar-refractivity contribution is 9.10. The average molecular weight is 520 g/mol. The van der Waals surface area contributed by atoms with Gasteiger partial charge in [0.2, 0.25) is 0 Å². The number of carbonyl (C=O) groups is 1. The minimum absolute atomic E-state index is 0.133. The molecule has 0 bridgehead atoms. The van der Waals surface area contributed by atoms with Crippen LogP contribution in [0.25, 0.3) is 10.3 Å². The topological polar surface area (TPSA) is 75.1 Å². The summed E-state index contributed by atoms with van der Waals surface area (Å²) in [7, 11) is 0. The highest BCUT2D eigenvalue weighted by atomic mass is 79.9. The Kier molecular flexibility index (Phi) is 6.66. The fraction of sp³-hybridized carbons (Fsp3) is 0.458. The molecule has 2 atom stereocenters. The predicted octanol–water partition coefficient (Wildman–Crippen LogP) is 5.60. The van der Waals surface area contributed by atoms with Crippen LogP contribution in [0.15, 0.2) is 28.7 Å². The van der Waals surface area contributed by atoms with E-state index in [0.29, 0.717) is 21.0 Å². The smallest absolute Gasteiger partial charge is 0.280 e. The molecule has 1 amide bonds. The molecule has 4 rings (SSSR count). The first kappa shape index (κ1) is 23.3. The maximum absolute atomic E-state index is 14.0. The molecule has 0 saturated carbocycles. The third-order valence-corrected chi connectivity index (χ3v) is 7.84. The van der Waals surface area contributed by atoms with Crippen molar-refractivity contribution in [3.8, 4) is 0 Å². The molecule has 1 aromatic carbocycles. The molecule has 8 heteroatoms. The first-order valence-electron chi connectivity index (χ1n) is 10.8. The van der Waals surface area contributed by atoms with Gasteiger partial charge in [-0.05, 0) is 82.3 Å². The molecular formula is C24H27BrFN3O2S. The zero-order valence-electron chi connectivity index (χ0n) is 18.4. The van der Waals surface area contributed by atoms with Gasteiger partial charge in [-0.3, -0.25) is 4.79 Å². The molecule has 0 spiro atoms. The van der Waals surface area contributed by atoms with Crippen LogP contribution in [0.4, 0.5) is 4.39 Å². The van der Waals surface area contributed by atoms with Crippen LogP contribution in [-0.2, 0) is 12.8 Å². The van der Waals surface area contributed by atoms with E-state index >= 15 is 0 Å². The zero-order valence-corrected chi connectivity index (χ0v) is 20.8. The quantitative estimate of drug-likeness (QED) is 0.460. The average Bonchev–Trinajstić information content (AvgIpc) is 3.15. The lowest BCUT2D eigenvalue weighted by molar-refractivity contribution is 0.0929. The number of benzene rings is 1. The minimum Gasteiger partial charge on any atom is -0.396 e. The summed E-state index contributed by atoms with van der Waals surface area (Å²) in [5, 5.41) is 12.7. The van der Waals surface area contributed by atoms with Crippen molar-refractivity contribution in [2.45, 2.75) is 52.5 Å². The monoisotopic (exact) mass is 519 g/mol. The Hall–Kier alpha value is -1.90. The Morgan fingerprint density at radius 1 is 1.34 bits per heavy atom. The molecule has 170 valence electrons. The number of thiazole rings is 1. The lowest BCUT2D eigenvalue weighted by atomic mass is 9.71. The second kappa shape index (κ2) is 9.15. The van der Waals surface area contributed by atoms with Gasteiger partial charge in [-0.1, -0.05) is 38.2 Å². The van der Waals surface area contributed by atoms with Crippen LogP contribution >= 0.6 is 27.3 Å².